The summed E-state index contributed by atoms with van der Waals surface area (Å²) >= 11 is 0. The lowest BCUT2D eigenvalue weighted by Crippen LogP contribution is -2.16. The Hall–Kier alpha value is -3.60. The molecule has 0 spiro atoms. The quantitative estimate of drug-likeness (QED) is 0.703. The number of anilines is 2. The van der Waals surface area contributed by atoms with Crippen molar-refractivity contribution in [3.05, 3.63) is 89.5 Å². The topological polar surface area (TPSA) is 67.4 Å². The smallest absolute Gasteiger partial charge is 0.255 e. The molecule has 0 heterocycles. The Morgan fingerprint density at radius 2 is 1.44 bits per heavy atom. The van der Waals surface area contributed by atoms with Crippen LogP contribution in [0.3, 0.4) is 0 Å². The van der Waals surface area contributed by atoms with Crippen LogP contribution in [0.15, 0.2) is 72.8 Å². The van der Waals surface area contributed by atoms with Crippen LogP contribution >= 0.6 is 0 Å². The minimum Gasteiger partial charge on any atom is -0.495 e. The molecule has 3 rings (SSSR count). The second-order valence-electron chi connectivity index (χ2n) is 6.06. The Bertz CT molecular complexity index is 983. The summed E-state index contributed by atoms with van der Waals surface area (Å²) in [4.78, 5) is 25.1. The molecule has 3 aromatic rings. The molecule has 0 aliphatic heterocycles. The van der Waals surface area contributed by atoms with E-state index in [2.05, 4.69) is 10.6 Å². The van der Waals surface area contributed by atoms with Crippen LogP contribution in [0.2, 0.25) is 0 Å². The van der Waals surface area contributed by atoms with Gasteiger partial charge in [-0.1, -0.05) is 30.3 Å². The molecule has 2 amide bonds. The van der Waals surface area contributed by atoms with Crippen LogP contribution in [0.4, 0.5) is 11.4 Å². The summed E-state index contributed by atoms with van der Waals surface area (Å²) < 4.78 is 5.24. The molecule has 3 aromatic carbocycles. The number of aryl methyl sites for hydroxylation is 1. The van der Waals surface area contributed by atoms with Crippen LogP contribution in [-0.2, 0) is 0 Å². The van der Waals surface area contributed by atoms with Gasteiger partial charge in [-0.25, -0.2) is 0 Å². The van der Waals surface area contributed by atoms with E-state index in [-0.39, 0.29) is 11.8 Å². The lowest BCUT2D eigenvalue weighted by atomic mass is 10.1. The van der Waals surface area contributed by atoms with Crippen LogP contribution in [0, 0.1) is 6.92 Å². The molecule has 0 fully saturated rings. The van der Waals surface area contributed by atoms with Crippen LogP contribution in [-0.4, -0.2) is 18.9 Å². The molecule has 27 heavy (non-hydrogen) atoms. The van der Waals surface area contributed by atoms with Gasteiger partial charge in [-0.15, -0.1) is 0 Å². The highest BCUT2D eigenvalue weighted by Gasteiger charge is 2.12. The van der Waals surface area contributed by atoms with Gasteiger partial charge in [-0.2, -0.15) is 0 Å². The van der Waals surface area contributed by atoms with E-state index in [1.807, 2.05) is 43.3 Å². The first-order valence-corrected chi connectivity index (χ1v) is 8.49. The van der Waals surface area contributed by atoms with Crippen molar-refractivity contribution in [1.29, 1.82) is 0 Å². The van der Waals surface area contributed by atoms with E-state index in [4.69, 9.17) is 4.74 Å². The van der Waals surface area contributed by atoms with Crippen molar-refractivity contribution >= 4 is 23.2 Å². The zero-order chi connectivity index (χ0) is 19.2. The maximum Gasteiger partial charge on any atom is 0.255 e. The predicted octanol–water partition coefficient (Wildman–Crippen LogP) is 4.51. The van der Waals surface area contributed by atoms with Gasteiger partial charge in [0, 0.05) is 16.8 Å². The zero-order valence-corrected chi connectivity index (χ0v) is 15.2. The monoisotopic (exact) mass is 360 g/mol. The van der Waals surface area contributed by atoms with E-state index in [1.54, 1.807) is 43.5 Å². The van der Waals surface area contributed by atoms with Gasteiger partial charge in [0.05, 0.1) is 12.8 Å². The van der Waals surface area contributed by atoms with E-state index in [9.17, 15) is 9.59 Å². The van der Waals surface area contributed by atoms with Crippen molar-refractivity contribution in [2.24, 2.45) is 0 Å². The van der Waals surface area contributed by atoms with Crippen LogP contribution < -0.4 is 15.4 Å². The van der Waals surface area contributed by atoms with Gasteiger partial charge < -0.3 is 15.4 Å². The van der Waals surface area contributed by atoms with Gasteiger partial charge >= 0.3 is 0 Å². The molecule has 0 saturated carbocycles. The molecule has 0 aliphatic rings. The predicted molar refractivity (Wildman–Crippen MR) is 107 cm³/mol. The molecule has 0 aliphatic carbocycles. The van der Waals surface area contributed by atoms with Crippen LogP contribution in [0.1, 0.15) is 26.3 Å². The summed E-state index contributed by atoms with van der Waals surface area (Å²) in [6.45, 7) is 1.96. The van der Waals surface area contributed by atoms with Gasteiger partial charge in [0.15, 0.2) is 0 Å². The standard InChI is InChI=1S/C22H20N2O3/c1-15-7-5-10-18(13-15)23-21(25)16-8-6-9-17(14-16)22(26)24-19-11-3-4-12-20(19)27-2/h3-14H,1-2H3,(H,23,25)(H,24,26). The Morgan fingerprint density at radius 1 is 0.778 bits per heavy atom. The van der Waals surface area contributed by atoms with Gasteiger partial charge in [-0.3, -0.25) is 9.59 Å². The van der Waals surface area contributed by atoms with Crippen molar-refractivity contribution in [2.75, 3.05) is 17.7 Å². The van der Waals surface area contributed by atoms with Crippen molar-refractivity contribution in [3.8, 4) is 5.75 Å². The Kier molecular flexibility index (Phi) is 5.52. The normalized spacial score (nSPS) is 10.1. The third-order valence-corrected chi connectivity index (χ3v) is 4.02. The van der Waals surface area contributed by atoms with Gasteiger partial charge in [0.1, 0.15) is 5.75 Å². The SMILES string of the molecule is COc1ccccc1NC(=O)c1cccc(C(=O)Nc2cccc(C)c2)c1. The number of methoxy groups -OCH3 is 1. The number of ether oxygens (including phenoxy) is 1. The first kappa shape index (κ1) is 18.2. The molecule has 0 radical (unpaired) electrons. The number of benzene rings is 3. The number of hydrogen-bond acceptors (Lipinski definition) is 3. The number of amides is 2. The number of hydrogen-bond donors (Lipinski definition) is 2. The molecule has 0 bridgehead atoms. The third-order valence-electron chi connectivity index (χ3n) is 4.02. The summed E-state index contributed by atoms with van der Waals surface area (Å²) in [5, 5.41) is 5.65. The summed E-state index contributed by atoms with van der Waals surface area (Å²) in [6, 6.07) is 21.3. The number of carbonyl (C=O) groups is 2. The van der Waals surface area contributed by atoms with Gasteiger partial charge in [0.25, 0.3) is 11.8 Å². The molecule has 136 valence electrons. The van der Waals surface area contributed by atoms with Crippen LogP contribution in [0.25, 0.3) is 0 Å². The molecule has 0 aromatic heterocycles. The number of rotatable bonds is 5. The minimum absolute atomic E-state index is 0.271. The van der Waals surface area contributed by atoms with Crippen molar-refractivity contribution < 1.29 is 14.3 Å². The first-order chi connectivity index (χ1) is 13.1. The zero-order valence-electron chi connectivity index (χ0n) is 15.2. The maximum atomic E-state index is 12.6. The highest BCUT2D eigenvalue weighted by atomic mass is 16.5. The maximum absolute atomic E-state index is 12.6. The summed E-state index contributed by atoms with van der Waals surface area (Å²) in [6.07, 6.45) is 0. The molecule has 5 heteroatoms. The van der Waals surface area contributed by atoms with E-state index in [0.29, 0.717) is 28.3 Å². The lowest BCUT2D eigenvalue weighted by Gasteiger charge is -2.11. The van der Waals surface area contributed by atoms with E-state index in [0.717, 1.165) is 5.56 Å². The molecular weight excluding hydrogens is 340 g/mol. The fraction of sp³-hybridized carbons (Fsp3) is 0.0909. The summed E-state index contributed by atoms with van der Waals surface area (Å²) in [5.74, 6) is -0.0172. The summed E-state index contributed by atoms with van der Waals surface area (Å²) in [7, 11) is 1.54. The molecule has 5 nitrogen and oxygen atoms in total. The average Bonchev–Trinajstić information content (AvgIpc) is 2.68. The second kappa shape index (κ2) is 8.19. The summed E-state index contributed by atoms with van der Waals surface area (Å²) in [5.41, 5.74) is 3.13. The van der Waals surface area contributed by atoms with Crippen molar-refractivity contribution in [3.63, 3.8) is 0 Å². The van der Waals surface area contributed by atoms with E-state index in [1.165, 1.54) is 0 Å². The minimum atomic E-state index is -0.315. The van der Waals surface area contributed by atoms with E-state index < -0.39 is 0 Å². The molecule has 0 atom stereocenters. The fourth-order valence-electron chi connectivity index (χ4n) is 2.67. The highest BCUT2D eigenvalue weighted by molar-refractivity contribution is 6.09. The number of para-hydroxylation sites is 2. The van der Waals surface area contributed by atoms with Crippen molar-refractivity contribution in [2.45, 2.75) is 6.92 Å². The Morgan fingerprint density at radius 3 is 2.15 bits per heavy atom. The number of carbonyl (C=O) groups excluding carboxylic acids is 2. The molecule has 0 saturated heterocycles. The molecule has 2 N–H and O–H groups in total. The Balaban J connectivity index is 1.76. The fourth-order valence-corrected chi connectivity index (χ4v) is 2.67. The first-order valence-electron chi connectivity index (χ1n) is 8.49. The van der Waals surface area contributed by atoms with Gasteiger partial charge in [-0.05, 0) is 55.0 Å². The molecular formula is C22H20N2O3. The van der Waals surface area contributed by atoms with E-state index >= 15 is 0 Å². The Labute approximate surface area is 158 Å². The second-order valence-corrected chi connectivity index (χ2v) is 6.06. The lowest BCUT2D eigenvalue weighted by molar-refractivity contribution is 0.102. The number of nitrogens with one attached hydrogen (secondary N) is 2. The van der Waals surface area contributed by atoms with Crippen molar-refractivity contribution in [1.82, 2.24) is 0 Å². The highest BCUT2D eigenvalue weighted by Crippen LogP contribution is 2.23. The average molecular weight is 360 g/mol. The third kappa shape index (κ3) is 4.52. The molecule has 0 unspecified atom stereocenters. The van der Waals surface area contributed by atoms with Gasteiger partial charge in [0.2, 0.25) is 0 Å². The van der Waals surface area contributed by atoms with Crippen LogP contribution in [0.5, 0.6) is 5.75 Å². The largest absolute Gasteiger partial charge is 0.495 e.